The van der Waals surface area contributed by atoms with Gasteiger partial charge in [0.1, 0.15) is 6.10 Å². The predicted molar refractivity (Wildman–Crippen MR) is 95.2 cm³/mol. The fourth-order valence-electron chi connectivity index (χ4n) is 2.10. The Morgan fingerprint density at radius 3 is 1.50 bits per heavy atom. The zero-order valence-electron chi connectivity index (χ0n) is 14.2. The molecule has 0 aliphatic carbocycles. The lowest BCUT2D eigenvalue weighted by Gasteiger charge is -2.12. The van der Waals surface area contributed by atoms with Crippen LogP contribution in [0.1, 0.15) is 65.2 Å². The monoisotopic (exact) mass is 356 g/mol. The van der Waals surface area contributed by atoms with Crippen molar-refractivity contribution < 1.29 is 14.6 Å². The lowest BCUT2D eigenvalue weighted by molar-refractivity contribution is -0.0201. The highest BCUT2D eigenvalue weighted by Crippen LogP contribution is 2.09. The molecule has 0 aromatic rings. The van der Waals surface area contributed by atoms with Gasteiger partial charge in [-0.1, -0.05) is 25.7 Å². The van der Waals surface area contributed by atoms with E-state index in [2.05, 4.69) is 0 Å². The highest BCUT2D eigenvalue weighted by molar-refractivity contribution is 6.20. The van der Waals surface area contributed by atoms with Gasteiger partial charge in [-0.3, -0.25) is 0 Å². The summed E-state index contributed by atoms with van der Waals surface area (Å²) in [5, 5.41) is 10.2. The first kappa shape index (κ1) is 22.5. The molecule has 5 heteroatoms. The SMILES string of the molecule is CC(Cl)CCCCCOCC(O)COCCCCCC(C)Cl. The van der Waals surface area contributed by atoms with Crippen LogP contribution in [0.2, 0.25) is 0 Å². The smallest absolute Gasteiger partial charge is 0.101 e. The Hall–Kier alpha value is 0.460. The largest absolute Gasteiger partial charge is 0.388 e. The van der Waals surface area contributed by atoms with Crippen LogP contribution in [0.15, 0.2) is 0 Å². The normalized spacial score (nSPS) is 15.7. The van der Waals surface area contributed by atoms with Gasteiger partial charge in [-0.05, 0) is 39.5 Å². The Morgan fingerprint density at radius 2 is 1.14 bits per heavy atom. The van der Waals surface area contributed by atoms with Crippen LogP contribution in [0.3, 0.4) is 0 Å². The standard InChI is InChI=1S/C17H34Cl2O3/c1-15(18)9-5-3-7-11-21-13-17(20)14-22-12-8-4-6-10-16(2)19/h15-17,20H,3-14H2,1-2H3. The van der Waals surface area contributed by atoms with Gasteiger partial charge >= 0.3 is 0 Å². The zero-order valence-corrected chi connectivity index (χ0v) is 15.7. The van der Waals surface area contributed by atoms with Gasteiger partial charge in [0, 0.05) is 24.0 Å². The van der Waals surface area contributed by atoms with Crippen LogP contribution in [-0.4, -0.2) is 48.4 Å². The molecule has 0 spiro atoms. The van der Waals surface area contributed by atoms with Crippen molar-refractivity contribution in [2.75, 3.05) is 26.4 Å². The van der Waals surface area contributed by atoms with Gasteiger partial charge in [-0.25, -0.2) is 0 Å². The molecule has 3 nitrogen and oxygen atoms in total. The molecule has 0 aromatic carbocycles. The minimum atomic E-state index is -0.522. The lowest BCUT2D eigenvalue weighted by atomic mass is 10.1. The highest BCUT2D eigenvalue weighted by atomic mass is 35.5. The molecule has 0 aliphatic rings. The fourth-order valence-corrected chi connectivity index (χ4v) is 2.41. The van der Waals surface area contributed by atoms with Crippen LogP contribution in [0.25, 0.3) is 0 Å². The molecule has 22 heavy (non-hydrogen) atoms. The minimum absolute atomic E-state index is 0.262. The summed E-state index contributed by atoms with van der Waals surface area (Å²) >= 11 is 11.8. The second-order valence-electron chi connectivity index (χ2n) is 6.06. The van der Waals surface area contributed by atoms with Gasteiger partial charge in [0.05, 0.1) is 13.2 Å². The number of rotatable bonds is 16. The fraction of sp³-hybridized carbons (Fsp3) is 1.00. The molecule has 0 bridgehead atoms. The van der Waals surface area contributed by atoms with Gasteiger partial charge in [0.25, 0.3) is 0 Å². The summed E-state index contributed by atoms with van der Waals surface area (Å²) in [6, 6.07) is 0. The number of alkyl halides is 2. The summed E-state index contributed by atoms with van der Waals surface area (Å²) in [5.41, 5.74) is 0. The molecule has 0 aromatic heterocycles. The van der Waals surface area contributed by atoms with Crippen molar-refractivity contribution >= 4 is 23.2 Å². The van der Waals surface area contributed by atoms with Crippen molar-refractivity contribution in [3.8, 4) is 0 Å². The summed E-state index contributed by atoms with van der Waals surface area (Å²) < 4.78 is 10.9. The van der Waals surface area contributed by atoms with Crippen LogP contribution in [-0.2, 0) is 9.47 Å². The third-order valence-corrected chi connectivity index (χ3v) is 3.84. The van der Waals surface area contributed by atoms with Crippen molar-refractivity contribution in [2.24, 2.45) is 0 Å². The molecule has 0 rings (SSSR count). The molecule has 0 aliphatic heterocycles. The van der Waals surface area contributed by atoms with Crippen molar-refractivity contribution in [2.45, 2.75) is 82.1 Å². The van der Waals surface area contributed by atoms with Gasteiger partial charge in [0.15, 0.2) is 0 Å². The molecule has 0 fully saturated rings. The van der Waals surface area contributed by atoms with E-state index < -0.39 is 6.10 Å². The van der Waals surface area contributed by atoms with Crippen LogP contribution in [0, 0.1) is 0 Å². The molecular weight excluding hydrogens is 323 g/mol. The summed E-state index contributed by atoms with van der Waals surface area (Å²) in [6.45, 7) is 6.15. The van der Waals surface area contributed by atoms with E-state index in [0.717, 1.165) is 51.4 Å². The van der Waals surface area contributed by atoms with Crippen molar-refractivity contribution in [3.63, 3.8) is 0 Å². The average molecular weight is 357 g/mol. The lowest BCUT2D eigenvalue weighted by Crippen LogP contribution is -2.22. The van der Waals surface area contributed by atoms with E-state index in [1.165, 1.54) is 0 Å². The average Bonchev–Trinajstić information content (AvgIpc) is 2.44. The summed E-state index contributed by atoms with van der Waals surface area (Å²) in [7, 11) is 0. The molecular formula is C17H34Cl2O3. The van der Waals surface area contributed by atoms with E-state index in [4.69, 9.17) is 32.7 Å². The summed E-state index contributed by atoms with van der Waals surface area (Å²) in [5.74, 6) is 0. The van der Waals surface area contributed by atoms with Gasteiger partial charge < -0.3 is 14.6 Å². The van der Waals surface area contributed by atoms with E-state index in [0.29, 0.717) is 26.4 Å². The minimum Gasteiger partial charge on any atom is -0.388 e. The second kappa shape index (κ2) is 16.3. The van der Waals surface area contributed by atoms with Crippen molar-refractivity contribution in [1.82, 2.24) is 0 Å². The Labute approximate surface area is 146 Å². The maximum Gasteiger partial charge on any atom is 0.101 e. The number of aliphatic hydroxyl groups is 1. The number of halogens is 2. The van der Waals surface area contributed by atoms with Crippen LogP contribution in [0.4, 0.5) is 0 Å². The number of hydrogen-bond donors (Lipinski definition) is 1. The topological polar surface area (TPSA) is 38.7 Å². The van der Waals surface area contributed by atoms with Crippen LogP contribution >= 0.6 is 23.2 Å². The summed E-state index contributed by atoms with van der Waals surface area (Å²) in [4.78, 5) is 0. The van der Waals surface area contributed by atoms with Crippen LogP contribution < -0.4 is 0 Å². The molecule has 0 radical (unpaired) electrons. The summed E-state index contributed by atoms with van der Waals surface area (Å²) in [6.07, 6.45) is 8.18. The van der Waals surface area contributed by atoms with E-state index in [1.54, 1.807) is 0 Å². The van der Waals surface area contributed by atoms with Crippen LogP contribution in [0.5, 0.6) is 0 Å². The van der Waals surface area contributed by atoms with Crippen molar-refractivity contribution in [1.29, 1.82) is 0 Å². The first-order valence-corrected chi connectivity index (χ1v) is 9.51. The predicted octanol–water partition coefficient (Wildman–Crippen LogP) is 4.76. The zero-order chi connectivity index (χ0) is 16.6. The Morgan fingerprint density at radius 1 is 0.727 bits per heavy atom. The van der Waals surface area contributed by atoms with Gasteiger partial charge in [0.2, 0.25) is 0 Å². The Bertz CT molecular complexity index is 204. The van der Waals surface area contributed by atoms with E-state index in [9.17, 15) is 5.11 Å². The van der Waals surface area contributed by atoms with E-state index in [-0.39, 0.29) is 10.8 Å². The second-order valence-corrected chi connectivity index (χ2v) is 7.55. The number of aliphatic hydroxyl groups excluding tert-OH is 1. The maximum absolute atomic E-state index is 9.72. The Balaban J connectivity index is 3.18. The Kier molecular flexibility index (Phi) is 16.7. The highest BCUT2D eigenvalue weighted by Gasteiger charge is 2.04. The number of unbranched alkanes of at least 4 members (excludes halogenated alkanes) is 4. The third kappa shape index (κ3) is 18.5. The molecule has 2 unspecified atom stereocenters. The molecule has 1 N–H and O–H groups in total. The molecule has 0 amide bonds. The first-order chi connectivity index (χ1) is 10.5. The van der Waals surface area contributed by atoms with Gasteiger partial charge in [-0.15, -0.1) is 23.2 Å². The molecule has 0 saturated carbocycles. The number of hydrogen-bond acceptors (Lipinski definition) is 3. The maximum atomic E-state index is 9.72. The number of ether oxygens (including phenoxy) is 2. The van der Waals surface area contributed by atoms with Gasteiger partial charge in [-0.2, -0.15) is 0 Å². The first-order valence-electron chi connectivity index (χ1n) is 8.64. The molecule has 0 saturated heterocycles. The van der Waals surface area contributed by atoms with E-state index in [1.807, 2.05) is 13.8 Å². The molecule has 0 heterocycles. The van der Waals surface area contributed by atoms with Crippen molar-refractivity contribution in [3.05, 3.63) is 0 Å². The molecule has 2 atom stereocenters. The quantitative estimate of drug-likeness (QED) is 0.320. The third-order valence-electron chi connectivity index (χ3n) is 3.40. The van der Waals surface area contributed by atoms with E-state index >= 15 is 0 Å². The molecule has 134 valence electrons.